The molecule has 100 valence electrons. The highest BCUT2D eigenvalue weighted by molar-refractivity contribution is 5.10. The van der Waals surface area contributed by atoms with E-state index in [1.807, 2.05) is 13.0 Å². The second-order valence-corrected chi connectivity index (χ2v) is 5.43. The zero-order chi connectivity index (χ0) is 13.0. The Hall–Kier alpha value is -0.930. The zero-order valence-corrected chi connectivity index (χ0v) is 11.6. The van der Waals surface area contributed by atoms with Crippen LogP contribution in [0.5, 0.6) is 0 Å². The van der Waals surface area contributed by atoms with Crippen LogP contribution < -0.4 is 5.73 Å². The van der Waals surface area contributed by atoms with E-state index in [0.29, 0.717) is 6.04 Å². The molecule has 2 unspecified atom stereocenters. The molecule has 1 saturated heterocycles. The first-order valence-corrected chi connectivity index (χ1v) is 7.09. The first-order chi connectivity index (χ1) is 8.72. The van der Waals surface area contributed by atoms with E-state index < -0.39 is 0 Å². The van der Waals surface area contributed by atoms with Gasteiger partial charge in [-0.15, -0.1) is 0 Å². The van der Waals surface area contributed by atoms with Crippen LogP contribution in [0.4, 0.5) is 0 Å². The summed E-state index contributed by atoms with van der Waals surface area (Å²) in [6, 6.07) is 6.79. The van der Waals surface area contributed by atoms with Gasteiger partial charge in [0.25, 0.3) is 0 Å². The van der Waals surface area contributed by atoms with Crippen LogP contribution in [0.15, 0.2) is 18.2 Å². The number of hydrogen-bond donors (Lipinski definition) is 1. The number of pyridine rings is 1. The highest BCUT2D eigenvalue weighted by Gasteiger charge is 2.26. The Morgan fingerprint density at radius 2 is 2.28 bits per heavy atom. The lowest BCUT2D eigenvalue weighted by molar-refractivity contribution is 0.106. The van der Waals surface area contributed by atoms with Gasteiger partial charge in [0.05, 0.1) is 5.69 Å². The van der Waals surface area contributed by atoms with Crippen LogP contribution in [0.1, 0.15) is 37.6 Å². The third-order valence-electron chi connectivity index (χ3n) is 4.11. The van der Waals surface area contributed by atoms with Gasteiger partial charge < -0.3 is 5.73 Å². The van der Waals surface area contributed by atoms with Gasteiger partial charge >= 0.3 is 0 Å². The Morgan fingerprint density at radius 3 is 2.94 bits per heavy atom. The minimum atomic E-state index is 0.533. The molecular weight excluding hydrogens is 222 g/mol. The average molecular weight is 247 g/mol. The Balaban J connectivity index is 2.00. The fourth-order valence-corrected chi connectivity index (χ4v) is 2.90. The number of likely N-dealkylation sites (tertiary alicyclic amines) is 1. The van der Waals surface area contributed by atoms with Crippen LogP contribution in [0.25, 0.3) is 0 Å². The van der Waals surface area contributed by atoms with Gasteiger partial charge in [-0.1, -0.05) is 19.4 Å². The van der Waals surface area contributed by atoms with E-state index in [4.69, 9.17) is 5.73 Å². The molecule has 0 amide bonds. The van der Waals surface area contributed by atoms with E-state index in [9.17, 15) is 0 Å². The molecule has 2 rings (SSSR count). The summed E-state index contributed by atoms with van der Waals surface area (Å²) in [4.78, 5) is 7.10. The molecular formula is C15H25N3. The molecule has 18 heavy (non-hydrogen) atoms. The lowest BCUT2D eigenvalue weighted by Crippen LogP contribution is -2.46. The van der Waals surface area contributed by atoms with Crippen molar-refractivity contribution in [3.63, 3.8) is 0 Å². The summed E-state index contributed by atoms with van der Waals surface area (Å²) in [5, 5.41) is 0. The van der Waals surface area contributed by atoms with E-state index in [1.165, 1.54) is 25.0 Å². The number of nitrogens with two attached hydrogens (primary N) is 1. The second kappa shape index (κ2) is 6.30. The number of piperidine rings is 1. The number of rotatable bonds is 4. The van der Waals surface area contributed by atoms with Crippen molar-refractivity contribution in [2.24, 2.45) is 11.7 Å². The highest BCUT2D eigenvalue weighted by atomic mass is 15.2. The molecule has 1 fully saturated rings. The maximum atomic E-state index is 5.93. The molecule has 2 atom stereocenters. The fourth-order valence-electron chi connectivity index (χ4n) is 2.90. The van der Waals surface area contributed by atoms with Gasteiger partial charge in [0.2, 0.25) is 0 Å². The SMILES string of the molecule is CCC1CCN(Cc2cccc(C)n2)C(CN)C1. The van der Waals surface area contributed by atoms with Crippen LogP contribution in [-0.2, 0) is 6.54 Å². The summed E-state index contributed by atoms with van der Waals surface area (Å²) >= 11 is 0. The minimum Gasteiger partial charge on any atom is -0.329 e. The van der Waals surface area contributed by atoms with Crippen molar-refractivity contribution in [2.45, 2.75) is 45.7 Å². The van der Waals surface area contributed by atoms with Gasteiger partial charge in [0.15, 0.2) is 0 Å². The average Bonchev–Trinajstić information content (AvgIpc) is 2.39. The van der Waals surface area contributed by atoms with E-state index in [0.717, 1.165) is 31.2 Å². The van der Waals surface area contributed by atoms with E-state index in [1.54, 1.807) is 0 Å². The first-order valence-electron chi connectivity index (χ1n) is 7.09. The largest absolute Gasteiger partial charge is 0.329 e. The van der Waals surface area contributed by atoms with Crippen molar-refractivity contribution in [1.29, 1.82) is 0 Å². The molecule has 1 aromatic rings. The Kier molecular flexibility index (Phi) is 4.72. The Labute approximate surface area is 110 Å². The van der Waals surface area contributed by atoms with Gasteiger partial charge in [-0.05, 0) is 44.4 Å². The quantitative estimate of drug-likeness (QED) is 0.888. The molecule has 0 radical (unpaired) electrons. The van der Waals surface area contributed by atoms with E-state index in [2.05, 4.69) is 28.9 Å². The van der Waals surface area contributed by atoms with Gasteiger partial charge in [0.1, 0.15) is 0 Å². The molecule has 0 saturated carbocycles. The summed E-state index contributed by atoms with van der Waals surface area (Å²) in [7, 11) is 0. The third-order valence-corrected chi connectivity index (χ3v) is 4.11. The van der Waals surface area contributed by atoms with Gasteiger partial charge in [-0.3, -0.25) is 9.88 Å². The molecule has 3 nitrogen and oxygen atoms in total. The summed E-state index contributed by atoms with van der Waals surface area (Å²) in [5.74, 6) is 0.861. The van der Waals surface area contributed by atoms with Crippen molar-refractivity contribution < 1.29 is 0 Å². The number of aryl methyl sites for hydroxylation is 1. The number of nitrogens with zero attached hydrogens (tertiary/aromatic N) is 2. The van der Waals surface area contributed by atoms with Crippen molar-refractivity contribution in [3.8, 4) is 0 Å². The van der Waals surface area contributed by atoms with Crippen molar-refractivity contribution in [2.75, 3.05) is 13.1 Å². The molecule has 0 spiro atoms. The maximum absolute atomic E-state index is 5.93. The first kappa shape index (κ1) is 13.5. The number of hydrogen-bond acceptors (Lipinski definition) is 3. The summed E-state index contributed by atoms with van der Waals surface area (Å²) in [6.45, 7) is 7.21. The van der Waals surface area contributed by atoms with Crippen molar-refractivity contribution in [1.82, 2.24) is 9.88 Å². The van der Waals surface area contributed by atoms with Crippen LogP contribution in [0.2, 0.25) is 0 Å². The van der Waals surface area contributed by atoms with Crippen molar-refractivity contribution >= 4 is 0 Å². The van der Waals surface area contributed by atoms with Gasteiger partial charge in [-0.25, -0.2) is 0 Å². The molecule has 3 heteroatoms. The summed E-state index contributed by atoms with van der Waals surface area (Å²) in [6.07, 6.45) is 3.84. The maximum Gasteiger partial charge on any atom is 0.0547 e. The lowest BCUT2D eigenvalue weighted by Gasteiger charge is -2.38. The van der Waals surface area contributed by atoms with Crippen LogP contribution >= 0.6 is 0 Å². The molecule has 1 aliphatic heterocycles. The van der Waals surface area contributed by atoms with Crippen molar-refractivity contribution in [3.05, 3.63) is 29.6 Å². The Morgan fingerprint density at radius 1 is 1.44 bits per heavy atom. The summed E-state index contributed by atoms with van der Waals surface area (Å²) in [5.41, 5.74) is 8.20. The zero-order valence-electron chi connectivity index (χ0n) is 11.6. The normalized spacial score (nSPS) is 25.3. The molecule has 0 aromatic carbocycles. The van der Waals surface area contributed by atoms with Crippen LogP contribution in [0, 0.1) is 12.8 Å². The molecule has 1 aliphatic rings. The Bertz CT molecular complexity index is 378. The van der Waals surface area contributed by atoms with Gasteiger partial charge in [-0.2, -0.15) is 0 Å². The molecule has 2 heterocycles. The third kappa shape index (κ3) is 3.30. The van der Waals surface area contributed by atoms with E-state index in [-0.39, 0.29) is 0 Å². The number of aromatic nitrogens is 1. The predicted octanol–water partition coefficient (Wildman–Crippen LogP) is 2.34. The van der Waals surface area contributed by atoms with Gasteiger partial charge in [0, 0.05) is 24.8 Å². The molecule has 0 bridgehead atoms. The van der Waals surface area contributed by atoms with Crippen LogP contribution in [-0.4, -0.2) is 29.0 Å². The monoisotopic (exact) mass is 247 g/mol. The van der Waals surface area contributed by atoms with Crippen LogP contribution in [0.3, 0.4) is 0 Å². The lowest BCUT2D eigenvalue weighted by atomic mass is 9.89. The second-order valence-electron chi connectivity index (χ2n) is 5.43. The highest BCUT2D eigenvalue weighted by Crippen LogP contribution is 2.25. The molecule has 0 aliphatic carbocycles. The fraction of sp³-hybridized carbons (Fsp3) is 0.667. The predicted molar refractivity (Wildman–Crippen MR) is 75.2 cm³/mol. The van der Waals surface area contributed by atoms with E-state index >= 15 is 0 Å². The molecule has 2 N–H and O–H groups in total. The topological polar surface area (TPSA) is 42.2 Å². The minimum absolute atomic E-state index is 0.533. The summed E-state index contributed by atoms with van der Waals surface area (Å²) < 4.78 is 0. The smallest absolute Gasteiger partial charge is 0.0547 e. The standard InChI is InChI=1S/C15H25N3/c1-3-13-7-8-18(15(9-13)10-16)11-14-6-4-5-12(2)17-14/h4-6,13,15H,3,7-11,16H2,1-2H3. The molecule has 1 aromatic heterocycles.